The molecule has 0 saturated heterocycles. The Morgan fingerprint density at radius 3 is 0.789 bits per heavy atom. The second kappa shape index (κ2) is 19.3. The van der Waals surface area contributed by atoms with E-state index in [1.807, 2.05) is 0 Å². The highest BCUT2D eigenvalue weighted by atomic mass is 15.1. The van der Waals surface area contributed by atoms with Gasteiger partial charge in [0.05, 0.1) is 0 Å². The number of anilines is 6. The molecule has 2 nitrogen and oxygen atoms in total. The van der Waals surface area contributed by atoms with Crippen LogP contribution in [0.25, 0.3) is 22.3 Å². The molecule has 7 aromatic rings. The summed E-state index contributed by atoms with van der Waals surface area (Å²) in [5.41, 5.74) is 17.3. The van der Waals surface area contributed by atoms with Crippen molar-refractivity contribution in [2.45, 2.75) is 85.5 Å². The highest BCUT2D eigenvalue weighted by Gasteiger charge is 2.15. The van der Waals surface area contributed by atoms with Crippen molar-refractivity contribution in [2.75, 3.05) is 9.80 Å². The second-order valence-electron chi connectivity index (χ2n) is 15.3. The lowest BCUT2D eigenvalue weighted by atomic mass is 9.99. The molecular weight excluding hydrogens is 689 g/mol. The maximum Gasteiger partial charge on any atom is 0.0462 e. The highest BCUT2D eigenvalue weighted by molar-refractivity contribution is 5.81. The minimum atomic E-state index is 1.03. The van der Waals surface area contributed by atoms with Crippen molar-refractivity contribution in [3.8, 4) is 22.3 Å². The fraction of sp³-hybridized carbons (Fsp3) is 0.236. The normalized spacial score (nSPS) is 11.1. The molecule has 2 heteroatoms. The lowest BCUT2D eigenvalue weighted by Crippen LogP contribution is -2.10. The maximum absolute atomic E-state index is 2.37. The summed E-state index contributed by atoms with van der Waals surface area (Å²) in [5, 5.41) is 0. The summed E-state index contributed by atoms with van der Waals surface area (Å²) in [5.74, 6) is 0. The molecule has 0 fully saturated rings. The van der Waals surface area contributed by atoms with Gasteiger partial charge < -0.3 is 9.80 Å². The molecule has 0 bridgehead atoms. The molecule has 0 aliphatic heterocycles. The summed E-state index contributed by atoms with van der Waals surface area (Å²) in [6, 6.07) is 63.3. The zero-order valence-electron chi connectivity index (χ0n) is 34.4. The molecule has 0 atom stereocenters. The minimum absolute atomic E-state index is 1.03. The summed E-state index contributed by atoms with van der Waals surface area (Å²) >= 11 is 0. The van der Waals surface area contributed by atoms with E-state index in [1.165, 1.54) is 99.4 Å². The molecule has 0 spiro atoms. The molecule has 288 valence electrons. The Balaban J connectivity index is 1.10. The van der Waals surface area contributed by atoms with Crippen molar-refractivity contribution in [2.24, 2.45) is 0 Å². The molecule has 7 rings (SSSR count). The van der Waals surface area contributed by atoms with Crippen molar-refractivity contribution < 1.29 is 0 Å². The van der Waals surface area contributed by atoms with E-state index in [0.29, 0.717) is 0 Å². The van der Waals surface area contributed by atoms with E-state index in [0.717, 1.165) is 37.1 Å². The van der Waals surface area contributed by atoms with Crippen molar-refractivity contribution in [3.63, 3.8) is 0 Å². The lowest BCUT2D eigenvalue weighted by molar-refractivity contribution is 0.717. The predicted molar refractivity (Wildman–Crippen MR) is 247 cm³/mol. The van der Waals surface area contributed by atoms with Crippen LogP contribution in [0.1, 0.15) is 82.1 Å². The summed E-state index contributed by atoms with van der Waals surface area (Å²) < 4.78 is 0. The zero-order valence-corrected chi connectivity index (χ0v) is 34.4. The van der Waals surface area contributed by atoms with E-state index < -0.39 is 0 Å². The van der Waals surface area contributed by atoms with Gasteiger partial charge in [0, 0.05) is 34.1 Å². The second-order valence-corrected chi connectivity index (χ2v) is 15.3. The SMILES string of the molecule is CCCCCc1ccc(N(c2ccc(CC)cc2)c2ccc(-c3ccc(-c4ccc(N(c5ccc(CC)cc5)c5ccc(CCCC)cc5)cc4)cc3)cc2)cc1. The Bertz CT molecular complexity index is 2250. The first-order valence-corrected chi connectivity index (χ1v) is 21.3. The molecule has 0 radical (unpaired) electrons. The molecule has 7 aromatic carbocycles. The number of hydrogen-bond donors (Lipinski definition) is 0. The van der Waals surface area contributed by atoms with Gasteiger partial charge in [-0.25, -0.2) is 0 Å². The van der Waals surface area contributed by atoms with Gasteiger partial charge in [-0.15, -0.1) is 0 Å². The highest BCUT2D eigenvalue weighted by Crippen LogP contribution is 2.38. The van der Waals surface area contributed by atoms with Crippen molar-refractivity contribution >= 4 is 34.1 Å². The number of nitrogens with zero attached hydrogens (tertiary/aromatic N) is 2. The van der Waals surface area contributed by atoms with E-state index in [1.54, 1.807) is 0 Å². The molecule has 0 aromatic heterocycles. The maximum atomic E-state index is 2.37. The van der Waals surface area contributed by atoms with Gasteiger partial charge in [-0.1, -0.05) is 144 Å². The van der Waals surface area contributed by atoms with Crippen LogP contribution in [0.15, 0.2) is 170 Å². The quantitative estimate of drug-likeness (QED) is 0.0856. The topological polar surface area (TPSA) is 6.48 Å². The number of rotatable bonds is 17. The minimum Gasteiger partial charge on any atom is -0.311 e. The van der Waals surface area contributed by atoms with Crippen LogP contribution in [-0.4, -0.2) is 0 Å². The molecule has 0 unspecified atom stereocenters. The van der Waals surface area contributed by atoms with Crippen molar-refractivity contribution in [3.05, 3.63) is 192 Å². The predicted octanol–water partition coefficient (Wildman–Crippen LogP) is 16.2. The Labute approximate surface area is 342 Å². The first kappa shape index (κ1) is 39.4. The molecule has 0 aliphatic carbocycles. The van der Waals surface area contributed by atoms with E-state index in [2.05, 4.69) is 207 Å². The fourth-order valence-corrected chi connectivity index (χ4v) is 7.70. The van der Waals surface area contributed by atoms with E-state index >= 15 is 0 Å². The van der Waals surface area contributed by atoms with Gasteiger partial charge in [0.15, 0.2) is 0 Å². The third-order valence-corrected chi connectivity index (χ3v) is 11.3. The van der Waals surface area contributed by atoms with Gasteiger partial charge in [-0.05, 0) is 156 Å². The van der Waals surface area contributed by atoms with Gasteiger partial charge in [-0.2, -0.15) is 0 Å². The smallest absolute Gasteiger partial charge is 0.0462 e. The first-order chi connectivity index (χ1) is 28.1. The summed E-state index contributed by atoms with van der Waals surface area (Å²) in [4.78, 5) is 4.74. The van der Waals surface area contributed by atoms with Crippen LogP contribution in [0, 0.1) is 0 Å². The van der Waals surface area contributed by atoms with Gasteiger partial charge in [0.25, 0.3) is 0 Å². The summed E-state index contributed by atoms with van der Waals surface area (Å²) in [7, 11) is 0. The van der Waals surface area contributed by atoms with E-state index in [-0.39, 0.29) is 0 Å². The monoisotopic (exact) mass is 746 g/mol. The summed E-state index contributed by atoms with van der Waals surface area (Å²) in [6.07, 6.45) is 10.5. The van der Waals surface area contributed by atoms with Gasteiger partial charge in [-0.3, -0.25) is 0 Å². The van der Waals surface area contributed by atoms with Crippen LogP contribution >= 0.6 is 0 Å². The van der Waals surface area contributed by atoms with Gasteiger partial charge >= 0.3 is 0 Å². The average Bonchev–Trinajstić information content (AvgIpc) is 3.28. The molecule has 0 N–H and O–H groups in total. The average molecular weight is 747 g/mol. The number of aryl methyl sites for hydroxylation is 4. The Kier molecular flexibility index (Phi) is 13.4. The molecule has 0 saturated carbocycles. The van der Waals surface area contributed by atoms with E-state index in [4.69, 9.17) is 0 Å². The van der Waals surface area contributed by atoms with Gasteiger partial charge in [0.2, 0.25) is 0 Å². The first-order valence-electron chi connectivity index (χ1n) is 21.3. The van der Waals surface area contributed by atoms with Crippen LogP contribution < -0.4 is 9.80 Å². The summed E-state index contributed by atoms with van der Waals surface area (Å²) in [6.45, 7) is 8.94. The molecular formula is C55H58N2. The number of unbranched alkanes of at least 4 members (excludes halogenated alkanes) is 3. The molecule has 0 heterocycles. The van der Waals surface area contributed by atoms with Crippen molar-refractivity contribution in [1.29, 1.82) is 0 Å². The lowest BCUT2D eigenvalue weighted by Gasteiger charge is -2.26. The molecule has 0 aliphatic rings. The third kappa shape index (κ3) is 9.76. The van der Waals surface area contributed by atoms with Crippen LogP contribution in [0.3, 0.4) is 0 Å². The number of hydrogen-bond acceptors (Lipinski definition) is 2. The van der Waals surface area contributed by atoms with Crippen molar-refractivity contribution in [1.82, 2.24) is 0 Å². The van der Waals surface area contributed by atoms with Crippen LogP contribution in [0.4, 0.5) is 34.1 Å². The fourth-order valence-electron chi connectivity index (χ4n) is 7.70. The van der Waals surface area contributed by atoms with Gasteiger partial charge in [0.1, 0.15) is 0 Å². The number of benzene rings is 7. The van der Waals surface area contributed by atoms with Crippen LogP contribution in [0.5, 0.6) is 0 Å². The largest absolute Gasteiger partial charge is 0.311 e. The molecule has 57 heavy (non-hydrogen) atoms. The van der Waals surface area contributed by atoms with Crippen LogP contribution in [0.2, 0.25) is 0 Å². The molecule has 0 amide bonds. The Morgan fingerprint density at radius 2 is 0.509 bits per heavy atom. The Morgan fingerprint density at radius 1 is 0.263 bits per heavy atom. The van der Waals surface area contributed by atoms with Crippen LogP contribution in [-0.2, 0) is 25.7 Å². The standard InChI is InChI=1S/C55H58N2/c1-5-9-11-13-45-20-36-53(37-21-45)57(51-32-16-43(8-4)17-33-51)55-40-28-49(29-41-55)47-24-22-46(23-25-47)48-26-38-54(39-27-48)56(50-30-14-42(7-3)15-31-50)52-34-18-44(19-35-52)12-10-6-2/h14-41H,5-13H2,1-4H3. The third-order valence-electron chi connectivity index (χ3n) is 11.3. The Hall–Kier alpha value is -5.86. The zero-order chi connectivity index (χ0) is 39.4. The van der Waals surface area contributed by atoms with E-state index in [9.17, 15) is 0 Å².